The zero-order valence-electron chi connectivity index (χ0n) is 8.80. The van der Waals surface area contributed by atoms with E-state index in [-0.39, 0.29) is 0 Å². The van der Waals surface area contributed by atoms with E-state index in [1.807, 2.05) is 0 Å². The molecule has 0 saturated carbocycles. The van der Waals surface area contributed by atoms with Crippen LogP contribution in [0, 0.1) is 0 Å². The van der Waals surface area contributed by atoms with Crippen LogP contribution in [0.5, 0.6) is 0 Å². The Labute approximate surface area is 90.5 Å². The van der Waals surface area contributed by atoms with E-state index in [0.29, 0.717) is 0 Å². The minimum atomic E-state index is -4.58. The van der Waals surface area contributed by atoms with E-state index >= 15 is 0 Å². The number of hydrogen-bond donors (Lipinski definition) is 1. The Balaban J connectivity index is 3.31. The van der Waals surface area contributed by atoms with Crippen LogP contribution < -0.4 is 5.73 Å². The molecule has 0 aliphatic carbocycles. The highest BCUT2D eigenvalue weighted by molar-refractivity contribution is 6.03. The number of nitrogens with two attached hydrogens (primary N) is 1. The summed E-state index contributed by atoms with van der Waals surface area (Å²) in [6.07, 6.45) is -2.71. The fourth-order valence-electron chi connectivity index (χ4n) is 1.17. The highest BCUT2D eigenvalue weighted by atomic mass is 19.4. The lowest BCUT2D eigenvalue weighted by molar-refractivity contribution is -0.138. The molecule has 1 aromatic rings. The van der Waals surface area contributed by atoms with Crippen molar-refractivity contribution in [2.45, 2.75) is 25.6 Å². The molecule has 0 radical (unpaired) electrons. The Morgan fingerprint density at radius 2 is 1.94 bits per heavy atom. The molecule has 0 saturated heterocycles. The average Bonchev–Trinajstić information content (AvgIpc) is 2.14. The van der Waals surface area contributed by atoms with Crippen molar-refractivity contribution in [1.29, 1.82) is 0 Å². The summed E-state index contributed by atoms with van der Waals surface area (Å²) in [4.78, 5) is 15.2. The van der Waals surface area contributed by atoms with Gasteiger partial charge >= 0.3 is 6.18 Å². The standard InChI is InChI=1S/C10H11F3N2O/c1-9(2,14)8(16)6-5-15-4-3-7(6)10(11,12)13/h3-5H,14H2,1-2H3. The number of Topliss-reactive ketones (excluding diaryl/α,β-unsaturated/α-hetero) is 1. The first-order valence-electron chi connectivity index (χ1n) is 4.49. The molecule has 88 valence electrons. The van der Waals surface area contributed by atoms with E-state index in [1.165, 1.54) is 13.8 Å². The molecule has 3 nitrogen and oxygen atoms in total. The normalized spacial score (nSPS) is 12.6. The molecule has 2 N–H and O–H groups in total. The van der Waals surface area contributed by atoms with Crippen LogP contribution in [0.15, 0.2) is 18.5 Å². The number of nitrogens with zero attached hydrogens (tertiary/aromatic N) is 1. The summed E-state index contributed by atoms with van der Waals surface area (Å²) in [5, 5.41) is 0. The molecule has 0 unspecified atom stereocenters. The Morgan fingerprint density at radius 3 is 2.38 bits per heavy atom. The molecule has 0 aromatic carbocycles. The zero-order valence-corrected chi connectivity index (χ0v) is 8.80. The number of alkyl halides is 3. The van der Waals surface area contributed by atoms with Crippen molar-refractivity contribution in [3.8, 4) is 0 Å². The molecular formula is C10H11F3N2O. The summed E-state index contributed by atoms with van der Waals surface area (Å²) in [5.41, 5.74) is 2.61. The fraction of sp³-hybridized carbons (Fsp3) is 0.400. The maximum Gasteiger partial charge on any atom is 0.417 e. The summed E-state index contributed by atoms with van der Waals surface area (Å²) in [6.45, 7) is 2.70. The van der Waals surface area contributed by atoms with Gasteiger partial charge in [0, 0.05) is 12.4 Å². The van der Waals surface area contributed by atoms with Gasteiger partial charge in [-0.3, -0.25) is 9.78 Å². The second-order valence-corrected chi connectivity index (χ2v) is 3.97. The molecule has 0 bridgehead atoms. The highest BCUT2D eigenvalue weighted by Crippen LogP contribution is 2.32. The second-order valence-electron chi connectivity index (χ2n) is 3.97. The average molecular weight is 232 g/mol. The van der Waals surface area contributed by atoms with Crippen LogP contribution >= 0.6 is 0 Å². The number of hydrogen-bond acceptors (Lipinski definition) is 3. The number of ketones is 1. The third-order valence-electron chi connectivity index (χ3n) is 1.96. The van der Waals surface area contributed by atoms with Crippen LogP contribution in [-0.4, -0.2) is 16.3 Å². The van der Waals surface area contributed by atoms with Gasteiger partial charge in [0.05, 0.1) is 16.7 Å². The number of halogens is 3. The molecule has 0 spiro atoms. The van der Waals surface area contributed by atoms with Gasteiger partial charge in [0.1, 0.15) is 0 Å². The molecule has 0 amide bonds. The first-order chi connectivity index (χ1) is 7.14. The van der Waals surface area contributed by atoms with Crippen molar-refractivity contribution < 1.29 is 18.0 Å². The van der Waals surface area contributed by atoms with E-state index in [1.54, 1.807) is 0 Å². The maximum atomic E-state index is 12.6. The Morgan fingerprint density at radius 1 is 1.38 bits per heavy atom. The van der Waals surface area contributed by atoms with E-state index < -0.39 is 28.6 Å². The van der Waals surface area contributed by atoms with Crippen LogP contribution in [0.4, 0.5) is 13.2 Å². The summed E-state index contributed by atoms with van der Waals surface area (Å²) in [7, 11) is 0. The van der Waals surface area contributed by atoms with E-state index in [9.17, 15) is 18.0 Å². The lowest BCUT2D eigenvalue weighted by atomic mass is 9.92. The summed E-state index contributed by atoms with van der Waals surface area (Å²) >= 11 is 0. The van der Waals surface area contributed by atoms with Gasteiger partial charge in [-0.15, -0.1) is 0 Å². The predicted octanol–water partition coefficient (Wildman–Crippen LogP) is 2.02. The van der Waals surface area contributed by atoms with E-state index in [4.69, 9.17) is 5.73 Å². The topological polar surface area (TPSA) is 56.0 Å². The summed E-state index contributed by atoms with van der Waals surface area (Å²) in [5.74, 6) is -0.784. The SMILES string of the molecule is CC(C)(N)C(=O)c1cnccc1C(F)(F)F. The fourth-order valence-corrected chi connectivity index (χ4v) is 1.17. The lowest BCUT2D eigenvalue weighted by Gasteiger charge is -2.19. The van der Waals surface area contributed by atoms with Gasteiger partial charge in [0.2, 0.25) is 0 Å². The van der Waals surface area contributed by atoms with Gasteiger partial charge in [0.25, 0.3) is 0 Å². The van der Waals surface area contributed by atoms with E-state index in [2.05, 4.69) is 4.98 Å². The first kappa shape index (κ1) is 12.6. The van der Waals surface area contributed by atoms with Crippen molar-refractivity contribution in [2.75, 3.05) is 0 Å². The van der Waals surface area contributed by atoms with Gasteiger partial charge in [-0.25, -0.2) is 0 Å². The quantitative estimate of drug-likeness (QED) is 0.793. The monoisotopic (exact) mass is 232 g/mol. The molecule has 0 atom stereocenters. The van der Waals surface area contributed by atoms with Gasteiger partial charge in [0.15, 0.2) is 5.78 Å². The van der Waals surface area contributed by atoms with Crippen molar-refractivity contribution in [2.24, 2.45) is 5.73 Å². The Bertz CT molecular complexity index is 407. The number of carbonyl (C=O) groups excluding carboxylic acids is 1. The van der Waals surface area contributed by atoms with Gasteiger partial charge in [-0.1, -0.05) is 0 Å². The van der Waals surface area contributed by atoms with Gasteiger partial charge < -0.3 is 5.73 Å². The summed E-state index contributed by atoms with van der Waals surface area (Å²) < 4.78 is 37.7. The number of pyridine rings is 1. The van der Waals surface area contributed by atoms with Crippen LogP contribution in [0.25, 0.3) is 0 Å². The van der Waals surface area contributed by atoms with Crippen LogP contribution in [-0.2, 0) is 6.18 Å². The number of rotatable bonds is 2. The molecule has 0 aliphatic rings. The molecular weight excluding hydrogens is 221 g/mol. The molecule has 16 heavy (non-hydrogen) atoms. The highest BCUT2D eigenvalue weighted by Gasteiger charge is 2.37. The first-order valence-corrected chi connectivity index (χ1v) is 4.49. The van der Waals surface area contributed by atoms with Crippen molar-refractivity contribution >= 4 is 5.78 Å². The minimum Gasteiger partial charge on any atom is -0.319 e. The number of carbonyl (C=O) groups is 1. The zero-order chi connectivity index (χ0) is 12.6. The molecule has 0 fully saturated rings. The third kappa shape index (κ3) is 2.57. The number of aromatic nitrogens is 1. The largest absolute Gasteiger partial charge is 0.417 e. The Kier molecular flexibility index (Phi) is 3.05. The van der Waals surface area contributed by atoms with Gasteiger partial charge in [-0.2, -0.15) is 13.2 Å². The van der Waals surface area contributed by atoms with E-state index in [0.717, 1.165) is 18.5 Å². The van der Waals surface area contributed by atoms with Crippen molar-refractivity contribution in [1.82, 2.24) is 4.98 Å². The minimum absolute atomic E-state index is 0.498. The van der Waals surface area contributed by atoms with Crippen LogP contribution in [0.3, 0.4) is 0 Å². The van der Waals surface area contributed by atoms with Crippen LogP contribution in [0.1, 0.15) is 29.8 Å². The molecule has 6 heteroatoms. The Hall–Kier alpha value is -1.43. The maximum absolute atomic E-state index is 12.6. The lowest BCUT2D eigenvalue weighted by Crippen LogP contribution is -2.42. The van der Waals surface area contributed by atoms with Crippen molar-refractivity contribution in [3.63, 3.8) is 0 Å². The molecule has 1 rings (SSSR count). The molecule has 1 heterocycles. The van der Waals surface area contributed by atoms with Crippen molar-refractivity contribution in [3.05, 3.63) is 29.6 Å². The second kappa shape index (κ2) is 3.86. The third-order valence-corrected chi connectivity index (χ3v) is 1.96. The predicted molar refractivity (Wildman–Crippen MR) is 51.8 cm³/mol. The molecule has 0 aliphatic heterocycles. The molecule has 1 aromatic heterocycles. The summed E-state index contributed by atoms with van der Waals surface area (Å²) in [6, 6.07) is 0.763. The van der Waals surface area contributed by atoms with Crippen LogP contribution in [0.2, 0.25) is 0 Å². The smallest absolute Gasteiger partial charge is 0.319 e. The van der Waals surface area contributed by atoms with Gasteiger partial charge in [-0.05, 0) is 19.9 Å².